The van der Waals surface area contributed by atoms with Crippen LogP contribution in [0.15, 0.2) is 79.1 Å². The molecule has 1 heterocycles. The Balaban J connectivity index is 1.33. The molecule has 0 aliphatic rings. The molecule has 0 saturated carbocycles. The van der Waals surface area contributed by atoms with E-state index in [1.807, 2.05) is 36.4 Å². The third kappa shape index (κ3) is 6.13. The lowest BCUT2D eigenvalue weighted by atomic mass is 10.1. The van der Waals surface area contributed by atoms with Crippen LogP contribution in [-0.2, 0) is 0 Å². The number of aromatic nitrogens is 1. The zero-order valence-corrected chi connectivity index (χ0v) is 15.8. The largest absolute Gasteiger partial charge is 0.493 e. The first-order chi connectivity index (χ1) is 13.8. The molecule has 0 spiro atoms. The van der Waals surface area contributed by atoms with Crippen molar-refractivity contribution in [1.29, 1.82) is 0 Å². The number of nitrogens with one attached hydrogen (secondary N) is 2. The van der Waals surface area contributed by atoms with Gasteiger partial charge in [-0.3, -0.25) is 4.98 Å². The Labute approximate surface area is 165 Å². The van der Waals surface area contributed by atoms with E-state index in [9.17, 15) is 4.79 Å². The molecule has 0 fully saturated rings. The van der Waals surface area contributed by atoms with E-state index < -0.39 is 0 Å². The van der Waals surface area contributed by atoms with Gasteiger partial charge < -0.3 is 15.4 Å². The highest BCUT2D eigenvalue weighted by Crippen LogP contribution is 2.29. The summed E-state index contributed by atoms with van der Waals surface area (Å²) in [4.78, 5) is 15.7. The normalized spacial score (nSPS) is 10.3. The minimum absolute atomic E-state index is 0.195. The van der Waals surface area contributed by atoms with Gasteiger partial charge in [-0.25, -0.2) is 4.79 Å². The van der Waals surface area contributed by atoms with Gasteiger partial charge in [0.2, 0.25) is 0 Å². The lowest BCUT2D eigenvalue weighted by Gasteiger charge is -2.12. The van der Waals surface area contributed by atoms with Crippen LogP contribution in [0, 0.1) is 0 Å². The van der Waals surface area contributed by atoms with Gasteiger partial charge >= 0.3 is 6.03 Å². The molecule has 0 unspecified atom stereocenters. The summed E-state index contributed by atoms with van der Waals surface area (Å²) in [5.41, 5.74) is 3.00. The number of benzene rings is 2. The maximum Gasteiger partial charge on any atom is 0.319 e. The number of rotatable bonds is 9. The first kappa shape index (κ1) is 19.4. The molecule has 0 atom stereocenters. The van der Waals surface area contributed by atoms with Gasteiger partial charge in [0, 0.05) is 30.2 Å². The van der Waals surface area contributed by atoms with Crippen molar-refractivity contribution < 1.29 is 9.53 Å². The predicted octanol–water partition coefficient (Wildman–Crippen LogP) is 5.12. The van der Waals surface area contributed by atoms with Crippen molar-refractivity contribution in [3.63, 3.8) is 0 Å². The number of ether oxygens (including phenoxy) is 1. The van der Waals surface area contributed by atoms with E-state index in [0.29, 0.717) is 13.2 Å². The Morgan fingerprint density at radius 2 is 1.61 bits per heavy atom. The van der Waals surface area contributed by atoms with E-state index in [4.69, 9.17) is 4.74 Å². The number of para-hydroxylation sites is 1. The number of hydrogen-bond donors (Lipinski definition) is 2. The first-order valence-corrected chi connectivity index (χ1v) is 9.55. The zero-order valence-electron chi connectivity index (χ0n) is 15.8. The van der Waals surface area contributed by atoms with E-state index in [1.165, 1.54) is 0 Å². The molecule has 0 bridgehead atoms. The van der Waals surface area contributed by atoms with Crippen LogP contribution in [0.4, 0.5) is 10.5 Å². The van der Waals surface area contributed by atoms with Crippen molar-refractivity contribution >= 4 is 11.7 Å². The number of pyridine rings is 1. The monoisotopic (exact) mass is 375 g/mol. The summed E-state index contributed by atoms with van der Waals surface area (Å²) in [6.07, 6.45) is 6.13. The van der Waals surface area contributed by atoms with Crippen molar-refractivity contribution in [1.82, 2.24) is 10.3 Å². The van der Waals surface area contributed by atoms with Crippen molar-refractivity contribution in [3.05, 3.63) is 79.1 Å². The smallest absolute Gasteiger partial charge is 0.319 e. The van der Waals surface area contributed by atoms with Crippen molar-refractivity contribution in [2.45, 2.75) is 19.3 Å². The van der Waals surface area contributed by atoms with Crippen LogP contribution < -0.4 is 15.4 Å². The molecule has 2 aromatic carbocycles. The highest BCUT2D eigenvalue weighted by atomic mass is 16.5. The average Bonchev–Trinajstić information content (AvgIpc) is 2.75. The number of nitrogens with zero attached hydrogens (tertiary/aromatic N) is 1. The van der Waals surface area contributed by atoms with Gasteiger partial charge in [0.05, 0.1) is 6.61 Å². The standard InChI is InChI=1S/C23H25N3O2/c27-23(26-20-13-16-24-17-14-20)25-15-7-2-8-18-28-22-12-6-5-11-21(22)19-9-3-1-4-10-19/h1,3-6,9-14,16-17H,2,7-8,15,18H2,(H2,24,25,26,27). The van der Waals surface area contributed by atoms with E-state index in [1.54, 1.807) is 24.5 Å². The highest BCUT2D eigenvalue weighted by molar-refractivity contribution is 5.89. The van der Waals surface area contributed by atoms with Crippen molar-refractivity contribution in [2.75, 3.05) is 18.5 Å². The van der Waals surface area contributed by atoms with Gasteiger partial charge in [0.1, 0.15) is 5.75 Å². The quantitative estimate of drug-likeness (QED) is 0.510. The first-order valence-electron chi connectivity index (χ1n) is 9.55. The minimum atomic E-state index is -0.195. The van der Waals surface area contributed by atoms with E-state index in [-0.39, 0.29) is 6.03 Å². The topological polar surface area (TPSA) is 63.2 Å². The molecule has 0 aliphatic carbocycles. The van der Waals surface area contributed by atoms with E-state index in [2.05, 4.69) is 33.8 Å². The molecule has 28 heavy (non-hydrogen) atoms. The fourth-order valence-electron chi connectivity index (χ4n) is 2.85. The molecule has 5 nitrogen and oxygen atoms in total. The van der Waals surface area contributed by atoms with Gasteiger partial charge in [-0.1, -0.05) is 48.5 Å². The van der Waals surface area contributed by atoms with Crippen LogP contribution in [-0.4, -0.2) is 24.2 Å². The maximum atomic E-state index is 11.8. The van der Waals surface area contributed by atoms with Crippen LogP contribution in [0.25, 0.3) is 11.1 Å². The van der Waals surface area contributed by atoms with Crippen molar-refractivity contribution in [3.8, 4) is 16.9 Å². The molecule has 1 aromatic heterocycles. The Hall–Kier alpha value is -3.34. The molecule has 5 heteroatoms. The molecule has 144 valence electrons. The number of carbonyl (C=O) groups is 1. The van der Waals surface area contributed by atoms with E-state index >= 15 is 0 Å². The van der Waals surface area contributed by atoms with Gasteiger partial charge in [-0.05, 0) is 43.0 Å². The molecule has 0 aliphatic heterocycles. The number of anilines is 1. The van der Waals surface area contributed by atoms with Crippen LogP contribution in [0.5, 0.6) is 5.75 Å². The Bertz CT molecular complexity index is 854. The molecule has 0 radical (unpaired) electrons. The second kappa shape index (κ2) is 10.7. The molecule has 0 saturated heterocycles. The summed E-state index contributed by atoms with van der Waals surface area (Å²) in [5.74, 6) is 0.906. The predicted molar refractivity (Wildman–Crippen MR) is 112 cm³/mol. The lowest BCUT2D eigenvalue weighted by Crippen LogP contribution is -2.29. The third-order valence-corrected chi connectivity index (χ3v) is 4.27. The number of carbonyl (C=O) groups excluding carboxylic acids is 1. The van der Waals surface area contributed by atoms with Gasteiger partial charge in [0.25, 0.3) is 0 Å². The summed E-state index contributed by atoms with van der Waals surface area (Å²) in [7, 11) is 0. The van der Waals surface area contributed by atoms with Crippen LogP contribution in [0.3, 0.4) is 0 Å². The van der Waals surface area contributed by atoms with E-state index in [0.717, 1.165) is 41.8 Å². The maximum absolute atomic E-state index is 11.8. The molecule has 3 rings (SSSR count). The summed E-state index contributed by atoms with van der Waals surface area (Å²) < 4.78 is 5.99. The number of amides is 2. The second-order valence-electron chi connectivity index (χ2n) is 6.39. The second-order valence-corrected chi connectivity index (χ2v) is 6.39. The van der Waals surface area contributed by atoms with Crippen LogP contribution >= 0.6 is 0 Å². The third-order valence-electron chi connectivity index (χ3n) is 4.27. The summed E-state index contributed by atoms with van der Waals surface area (Å²) in [6, 6.07) is 21.7. The fraction of sp³-hybridized carbons (Fsp3) is 0.217. The van der Waals surface area contributed by atoms with Crippen LogP contribution in [0.2, 0.25) is 0 Å². The van der Waals surface area contributed by atoms with Gasteiger partial charge in [0.15, 0.2) is 0 Å². The van der Waals surface area contributed by atoms with Crippen molar-refractivity contribution in [2.24, 2.45) is 0 Å². The SMILES string of the molecule is O=C(NCCCCCOc1ccccc1-c1ccccc1)Nc1ccncc1. The highest BCUT2D eigenvalue weighted by Gasteiger charge is 2.05. The molecule has 2 N–H and O–H groups in total. The minimum Gasteiger partial charge on any atom is -0.493 e. The van der Waals surface area contributed by atoms with Gasteiger partial charge in [-0.15, -0.1) is 0 Å². The summed E-state index contributed by atoms with van der Waals surface area (Å²) >= 11 is 0. The lowest BCUT2D eigenvalue weighted by molar-refractivity contribution is 0.251. The Kier molecular flexibility index (Phi) is 7.44. The summed E-state index contributed by atoms with van der Waals surface area (Å²) in [5, 5.41) is 5.63. The Morgan fingerprint density at radius 3 is 2.43 bits per heavy atom. The fourth-order valence-corrected chi connectivity index (χ4v) is 2.85. The average molecular weight is 375 g/mol. The molecule has 2 amide bonds. The molecule has 3 aromatic rings. The zero-order chi connectivity index (χ0) is 19.4. The molecular weight excluding hydrogens is 350 g/mol. The number of hydrogen-bond acceptors (Lipinski definition) is 3. The molecular formula is C23H25N3O2. The Morgan fingerprint density at radius 1 is 0.857 bits per heavy atom. The summed E-state index contributed by atoms with van der Waals surface area (Å²) in [6.45, 7) is 1.30. The number of unbranched alkanes of at least 4 members (excludes halogenated alkanes) is 2. The van der Waals surface area contributed by atoms with Gasteiger partial charge in [-0.2, -0.15) is 0 Å². The van der Waals surface area contributed by atoms with Crippen LogP contribution in [0.1, 0.15) is 19.3 Å². The number of urea groups is 1.